The number of carbonyl (C=O) groups excluding carboxylic acids is 1. The maximum absolute atomic E-state index is 13.2. The van der Waals surface area contributed by atoms with Crippen LogP contribution in [-0.4, -0.2) is 46.5 Å². The van der Waals surface area contributed by atoms with Crippen LogP contribution in [0.15, 0.2) is 60.7 Å². The highest BCUT2D eigenvalue weighted by molar-refractivity contribution is 7.99. The lowest BCUT2D eigenvalue weighted by Crippen LogP contribution is -2.34. The van der Waals surface area contributed by atoms with E-state index in [9.17, 15) is 4.79 Å². The lowest BCUT2D eigenvalue weighted by molar-refractivity contribution is 0.0755. The van der Waals surface area contributed by atoms with Crippen molar-refractivity contribution in [2.75, 3.05) is 26.0 Å². The van der Waals surface area contributed by atoms with E-state index in [-0.39, 0.29) is 5.91 Å². The highest BCUT2D eigenvalue weighted by Gasteiger charge is 2.25. The Balaban J connectivity index is 1.50. The fourth-order valence-electron chi connectivity index (χ4n) is 3.66. The Morgan fingerprint density at radius 2 is 1.93 bits per heavy atom. The van der Waals surface area contributed by atoms with E-state index in [1.807, 2.05) is 60.1 Å². The van der Waals surface area contributed by atoms with Crippen LogP contribution in [0.5, 0.6) is 5.75 Å². The molecule has 1 fully saturated rings. The van der Waals surface area contributed by atoms with E-state index in [0.29, 0.717) is 10.9 Å². The van der Waals surface area contributed by atoms with Crippen molar-refractivity contribution in [1.82, 2.24) is 14.7 Å². The van der Waals surface area contributed by atoms with Gasteiger partial charge >= 0.3 is 0 Å². The van der Waals surface area contributed by atoms with Crippen LogP contribution in [-0.2, 0) is 7.05 Å². The van der Waals surface area contributed by atoms with Crippen LogP contribution in [0.2, 0.25) is 0 Å². The van der Waals surface area contributed by atoms with E-state index in [0.717, 1.165) is 42.3 Å². The summed E-state index contributed by atoms with van der Waals surface area (Å²) in [6.07, 6.45) is 0.959. The summed E-state index contributed by atoms with van der Waals surface area (Å²) < 4.78 is 6.99. The van der Waals surface area contributed by atoms with Gasteiger partial charge in [0, 0.05) is 36.7 Å². The number of hydrogen-bond acceptors (Lipinski definition) is 4. The largest absolute Gasteiger partial charge is 0.497 e. The van der Waals surface area contributed by atoms with Gasteiger partial charge in [0.15, 0.2) is 0 Å². The molecule has 0 N–H and O–H groups in total. The van der Waals surface area contributed by atoms with Gasteiger partial charge in [-0.1, -0.05) is 42.5 Å². The highest BCUT2D eigenvalue weighted by atomic mass is 32.2. The molecule has 2 aromatic carbocycles. The molecule has 0 radical (unpaired) electrons. The molecule has 0 aliphatic carbocycles. The van der Waals surface area contributed by atoms with Gasteiger partial charge in [0.25, 0.3) is 5.91 Å². The van der Waals surface area contributed by atoms with Crippen LogP contribution in [0.1, 0.15) is 27.7 Å². The summed E-state index contributed by atoms with van der Waals surface area (Å²) in [7, 11) is 3.47. The maximum atomic E-state index is 13.2. The molecule has 2 heterocycles. The quantitative estimate of drug-likeness (QED) is 0.642. The molecule has 1 aliphatic heterocycles. The standard InChI is InChI=1S/C23H25N3O2S/c1-25-21(16-20(24-25)18-9-6-10-19(15-18)28-2)23(27)26-12-11-22(29-14-13-26)17-7-4-3-5-8-17/h3-10,15-16,22H,11-14H2,1-2H3. The number of methoxy groups -OCH3 is 1. The van der Waals surface area contributed by atoms with Crippen molar-refractivity contribution in [3.05, 3.63) is 71.9 Å². The Hall–Kier alpha value is -2.73. The van der Waals surface area contributed by atoms with Crippen molar-refractivity contribution >= 4 is 17.7 Å². The van der Waals surface area contributed by atoms with E-state index in [1.54, 1.807) is 11.8 Å². The van der Waals surface area contributed by atoms with Gasteiger partial charge < -0.3 is 9.64 Å². The van der Waals surface area contributed by atoms with E-state index in [2.05, 4.69) is 29.4 Å². The molecule has 1 atom stereocenters. The normalized spacial score (nSPS) is 17.0. The summed E-state index contributed by atoms with van der Waals surface area (Å²) in [6, 6.07) is 20.2. The average Bonchev–Trinajstić information content (AvgIpc) is 2.99. The Morgan fingerprint density at radius 1 is 1.10 bits per heavy atom. The van der Waals surface area contributed by atoms with Crippen molar-refractivity contribution < 1.29 is 9.53 Å². The summed E-state index contributed by atoms with van der Waals surface area (Å²) in [5, 5.41) is 5.00. The number of carbonyl (C=O) groups is 1. The van der Waals surface area contributed by atoms with Gasteiger partial charge in [0.2, 0.25) is 0 Å². The number of nitrogens with zero attached hydrogens (tertiary/aromatic N) is 3. The Bertz CT molecular complexity index is 987. The third-order valence-electron chi connectivity index (χ3n) is 5.26. The molecular formula is C23H25N3O2S. The number of thioether (sulfide) groups is 1. The molecule has 4 rings (SSSR count). The number of hydrogen-bond donors (Lipinski definition) is 0. The van der Waals surface area contributed by atoms with Crippen LogP contribution in [0.4, 0.5) is 0 Å². The van der Waals surface area contributed by atoms with Gasteiger partial charge in [0.05, 0.1) is 12.8 Å². The van der Waals surface area contributed by atoms with Crippen molar-refractivity contribution in [2.24, 2.45) is 7.05 Å². The second-order valence-electron chi connectivity index (χ2n) is 7.12. The third-order valence-corrected chi connectivity index (χ3v) is 6.59. The van der Waals surface area contributed by atoms with Crippen molar-refractivity contribution in [3.63, 3.8) is 0 Å². The van der Waals surface area contributed by atoms with E-state index < -0.39 is 0 Å². The number of benzene rings is 2. The first kappa shape index (κ1) is 19.6. The third kappa shape index (κ3) is 4.32. The summed E-state index contributed by atoms with van der Waals surface area (Å²) in [4.78, 5) is 15.2. The zero-order valence-electron chi connectivity index (χ0n) is 16.7. The molecular weight excluding hydrogens is 382 g/mol. The second-order valence-corrected chi connectivity index (χ2v) is 8.43. The lowest BCUT2D eigenvalue weighted by Gasteiger charge is -2.20. The fraction of sp³-hybridized carbons (Fsp3) is 0.304. The Kier molecular flexibility index (Phi) is 5.90. The molecule has 1 aliphatic rings. The molecule has 6 heteroatoms. The molecule has 1 aromatic heterocycles. The summed E-state index contributed by atoms with van der Waals surface area (Å²) >= 11 is 1.93. The minimum Gasteiger partial charge on any atom is -0.497 e. The molecule has 5 nitrogen and oxygen atoms in total. The number of amides is 1. The van der Waals surface area contributed by atoms with Crippen molar-refractivity contribution in [1.29, 1.82) is 0 Å². The van der Waals surface area contributed by atoms with E-state index in [4.69, 9.17) is 4.74 Å². The van der Waals surface area contributed by atoms with Gasteiger partial charge in [0.1, 0.15) is 11.4 Å². The van der Waals surface area contributed by atoms with Crippen molar-refractivity contribution in [2.45, 2.75) is 11.7 Å². The number of rotatable bonds is 4. The molecule has 150 valence electrons. The van der Waals surface area contributed by atoms with Crippen molar-refractivity contribution in [3.8, 4) is 17.0 Å². The van der Waals surface area contributed by atoms with Crippen LogP contribution < -0.4 is 4.74 Å². The van der Waals surface area contributed by atoms with Crippen LogP contribution in [0.3, 0.4) is 0 Å². The van der Waals surface area contributed by atoms with Crippen LogP contribution in [0, 0.1) is 0 Å². The molecule has 29 heavy (non-hydrogen) atoms. The zero-order chi connectivity index (χ0) is 20.2. The number of aromatic nitrogens is 2. The predicted molar refractivity (Wildman–Crippen MR) is 117 cm³/mol. The van der Waals surface area contributed by atoms with Gasteiger partial charge in [-0.05, 0) is 30.2 Å². The fourth-order valence-corrected chi connectivity index (χ4v) is 4.89. The first-order valence-electron chi connectivity index (χ1n) is 9.80. The van der Waals surface area contributed by atoms with Crippen LogP contribution >= 0.6 is 11.8 Å². The van der Waals surface area contributed by atoms with Gasteiger partial charge in [-0.15, -0.1) is 0 Å². The topological polar surface area (TPSA) is 47.4 Å². The maximum Gasteiger partial charge on any atom is 0.272 e. The van der Waals surface area contributed by atoms with E-state index in [1.165, 1.54) is 5.56 Å². The smallest absolute Gasteiger partial charge is 0.272 e. The Labute approximate surface area is 175 Å². The highest BCUT2D eigenvalue weighted by Crippen LogP contribution is 2.34. The summed E-state index contributed by atoms with van der Waals surface area (Å²) in [5.74, 6) is 1.76. The van der Waals surface area contributed by atoms with Gasteiger partial charge in [-0.25, -0.2) is 0 Å². The second kappa shape index (κ2) is 8.74. The van der Waals surface area contributed by atoms with Crippen LogP contribution in [0.25, 0.3) is 11.3 Å². The molecule has 0 saturated carbocycles. The molecule has 0 bridgehead atoms. The van der Waals surface area contributed by atoms with E-state index >= 15 is 0 Å². The molecule has 0 spiro atoms. The molecule has 1 amide bonds. The number of ether oxygens (including phenoxy) is 1. The SMILES string of the molecule is COc1cccc(-c2cc(C(=O)N3CCSC(c4ccccc4)CC3)n(C)n2)c1. The first-order valence-corrected chi connectivity index (χ1v) is 10.8. The minimum absolute atomic E-state index is 0.0449. The summed E-state index contributed by atoms with van der Waals surface area (Å²) in [6.45, 7) is 1.51. The molecule has 1 unspecified atom stereocenters. The lowest BCUT2D eigenvalue weighted by atomic mass is 10.1. The molecule has 1 saturated heterocycles. The first-order chi connectivity index (χ1) is 14.2. The Morgan fingerprint density at radius 3 is 2.72 bits per heavy atom. The summed E-state index contributed by atoms with van der Waals surface area (Å²) in [5.41, 5.74) is 3.68. The van der Waals surface area contributed by atoms with Gasteiger partial charge in [-0.2, -0.15) is 16.9 Å². The average molecular weight is 408 g/mol. The number of aryl methyl sites for hydroxylation is 1. The monoisotopic (exact) mass is 407 g/mol. The predicted octanol–water partition coefficient (Wildman–Crippen LogP) is 4.42. The minimum atomic E-state index is 0.0449. The molecule has 3 aromatic rings. The zero-order valence-corrected chi connectivity index (χ0v) is 17.6. The van der Waals surface area contributed by atoms with Gasteiger partial charge in [-0.3, -0.25) is 9.48 Å².